The molecule has 3 aromatic heterocycles. The molecule has 1 saturated heterocycles. The number of hydrogen-bond donors (Lipinski definition) is 2. The van der Waals surface area contributed by atoms with E-state index in [0.717, 1.165) is 43.2 Å². The number of imidazole rings is 1. The van der Waals surface area contributed by atoms with Gasteiger partial charge in [-0.1, -0.05) is 6.07 Å². The maximum Gasteiger partial charge on any atom is 0.295 e. The number of rotatable bonds is 8. The molecule has 2 aliphatic rings. The summed E-state index contributed by atoms with van der Waals surface area (Å²) < 4.78 is 61.6. The van der Waals surface area contributed by atoms with Gasteiger partial charge in [-0.2, -0.15) is 0 Å². The molecule has 4 heterocycles. The molecule has 6 rings (SSSR count). The summed E-state index contributed by atoms with van der Waals surface area (Å²) in [5.74, 6) is 1.24. The number of fused-ring (bicyclic) bond motifs is 1. The Labute approximate surface area is 236 Å². The van der Waals surface area contributed by atoms with E-state index in [4.69, 9.17) is 4.74 Å². The van der Waals surface area contributed by atoms with Crippen LogP contribution < -0.4 is 10.6 Å². The van der Waals surface area contributed by atoms with E-state index in [2.05, 4.69) is 30.6 Å². The van der Waals surface area contributed by atoms with Gasteiger partial charge in [0.2, 0.25) is 0 Å². The van der Waals surface area contributed by atoms with Gasteiger partial charge < -0.3 is 15.4 Å². The van der Waals surface area contributed by atoms with Crippen LogP contribution in [-0.2, 0) is 14.6 Å². The molecule has 1 saturated carbocycles. The smallest absolute Gasteiger partial charge is 0.295 e. The molecule has 1 aliphatic carbocycles. The average molecular weight is 584 g/mol. The van der Waals surface area contributed by atoms with Crippen LogP contribution in [0, 0.1) is 13.8 Å². The third kappa shape index (κ3) is 5.73. The Kier molecular flexibility index (Phi) is 7.10. The number of aromatic nitrogens is 5. The number of alkyl halides is 2. The zero-order chi connectivity index (χ0) is 28.9. The third-order valence-corrected chi connectivity index (χ3v) is 8.40. The highest BCUT2D eigenvalue weighted by Gasteiger charge is 2.30. The molecule has 41 heavy (non-hydrogen) atoms. The van der Waals surface area contributed by atoms with Gasteiger partial charge in [-0.3, -0.25) is 4.57 Å². The third-order valence-electron chi connectivity index (χ3n) is 7.26. The summed E-state index contributed by atoms with van der Waals surface area (Å²) in [5.41, 5.74) is 2.73. The normalized spacial score (nSPS) is 17.8. The van der Waals surface area contributed by atoms with Gasteiger partial charge in [0.1, 0.15) is 29.2 Å². The van der Waals surface area contributed by atoms with Crippen LogP contribution in [-0.4, -0.2) is 45.8 Å². The van der Waals surface area contributed by atoms with Crippen molar-refractivity contribution in [1.82, 2.24) is 24.5 Å². The second-order valence-electron chi connectivity index (χ2n) is 10.7. The lowest BCUT2D eigenvalue weighted by Gasteiger charge is -2.25. The molecule has 4 aromatic rings. The van der Waals surface area contributed by atoms with E-state index >= 15 is 0 Å². The van der Waals surface area contributed by atoms with E-state index in [1.54, 1.807) is 31.2 Å². The number of pyridine rings is 1. The van der Waals surface area contributed by atoms with Crippen molar-refractivity contribution in [2.24, 2.45) is 0 Å². The van der Waals surface area contributed by atoms with Crippen LogP contribution in [0.2, 0.25) is 0 Å². The minimum atomic E-state index is -3.61. The molecule has 216 valence electrons. The number of benzene rings is 1. The van der Waals surface area contributed by atoms with E-state index in [1.807, 2.05) is 13.0 Å². The number of hydrogen-bond acceptors (Lipinski definition) is 9. The second-order valence-corrected chi connectivity index (χ2v) is 12.7. The molecule has 1 aromatic carbocycles. The highest BCUT2D eigenvalue weighted by molar-refractivity contribution is 7.90. The van der Waals surface area contributed by atoms with Crippen LogP contribution in [0.3, 0.4) is 0 Å². The summed E-state index contributed by atoms with van der Waals surface area (Å²) in [7, 11) is -3.61. The number of nitrogens with zero attached hydrogens (tertiary/aromatic N) is 5. The van der Waals surface area contributed by atoms with E-state index in [0.29, 0.717) is 47.8 Å². The minimum absolute atomic E-state index is 0.132. The molecule has 1 unspecified atom stereocenters. The van der Waals surface area contributed by atoms with Crippen molar-refractivity contribution >= 4 is 44.0 Å². The Morgan fingerprint density at radius 2 is 1.73 bits per heavy atom. The van der Waals surface area contributed by atoms with Crippen molar-refractivity contribution < 1.29 is 21.9 Å². The lowest BCUT2D eigenvalue weighted by Crippen LogP contribution is -2.20. The summed E-state index contributed by atoms with van der Waals surface area (Å²) in [6, 6.07) is 8.67. The Hall–Kier alpha value is -3.71. The minimum Gasteiger partial charge on any atom is -0.358 e. The lowest BCUT2D eigenvalue weighted by atomic mass is 10.1. The number of nitrogens with one attached hydrogen (secondary N) is 2. The number of sulfone groups is 1. The molecule has 0 spiro atoms. The fraction of sp³-hybridized carbons (Fsp3) is 0.429. The van der Waals surface area contributed by atoms with Crippen molar-refractivity contribution in [3.63, 3.8) is 0 Å². The summed E-state index contributed by atoms with van der Waals surface area (Å²) in [6.07, 6.45) is 1.88. The fourth-order valence-corrected chi connectivity index (χ4v) is 6.15. The van der Waals surface area contributed by atoms with E-state index in [9.17, 15) is 17.2 Å². The molecule has 1 atom stereocenters. The van der Waals surface area contributed by atoms with Crippen molar-refractivity contribution in [3.05, 3.63) is 53.2 Å². The predicted molar refractivity (Wildman–Crippen MR) is 151 cm³/mol. The van der Waals surface area contributed by atoms with Gasteiger partial charge in [0.15, 0.2) is 21.3 Å². The number of ether oxygens (including phenoxy) is 1. The summed E-state index contributed by atoms with van der Waals surface area (Å²) in [5, 5.41) is 6.35. The van der Waals surface area contributed by atoms with Crippen LogP contribution in [0.4, 0.5) is 31.8 Å². The van der Waals surface area contributed by atoms with Crippen LogP contribution >= 0.6 is 0 Å². The Morgan fingerprint density at radius 1 is 0.951 bits per heavy atom. The molecule has 2 fully saturated rings. The standard InChI is InChI=1S/C28H31F2N7O3S/c1-15-12-22(32-16(2)31-15)34-23-14-20(33-19-10-9-18(17-7-8-17)13-21(19)41(3,38)39)25-27(35-23)37(28(36-25)26(29)30)24-6-4-5-11-40-24/h9-10,12-14,17,24,26H,4-8,11H2,1-3H3,(H2,31,32,33,34,35). The molecule has 0 amide bonds. The first kappa shape index (κ1) is 27.5. The molecule has 1 aliphatic heterocycles. The molecule has 0 radical (unpaired) electrons. The Morgan fingerprint density at radius 3 is 2.39 bits per heavy atom. The number of halogens is 2. The Bertz CT molecular complexity index is 1710. The van der Waals surface area contributed by atoms with Crippen LogP contribution in [0.15, 0.2) is 35.2 Å². The summed E-state index contributed by atoms with van der Waals surface area (Å²) >= 11 is 0. The topological polar surface area (TPSA) is 124 Å². The van der Waals surface area contributed by atoms with Crippen LogP contribution in [0.1, 0.15) is 73.6 Å². The molecule has 10 nitrogen and oxygen atoms in total. The summed E-state index contributed by atoms with van der Waals surface area (Å²) in [6.45, 7) is 4.05. The highest BCUT2D eigenvalue weighted by atomic mass is 32.2. The largest absolute Gasteiger partial charge is 0.358 e. The maximum absolute atomic E-state index is 14.4. The van der Waals surface area contributed by atoms with E-state index in [-0.39, 0.29) is 16.1 Å². The van der Waals surface area contributed by atoms with E-state index in [1.165, 1.54) is 4.57 Å². The highest BCUT2D eigenvalue weighted by Crippen LogP contribution is 2.43. The molecule has 0 bridgehead atoms. The number of aryl methyl sites for hydroxylation is 2. The average Bonchev–Trinajstić information content (AvgIpc) is 3.68. The van der Waals surface area contributed by atoms with Crippen molar-refractivity contribution in [3.8, 4) is 0 Å². The van der Waals surface area contributed by atoms with Gasteiger partial charge in [0, 0.05) is 30.7 Å². The molecule has 13 heteroatoms. The zero-order valence-corrected chi connectivity index (χ0v) is 23.8. The maximum atomic E-state index is 14.4. The molecular formula is C28H31F2N7O3S. The van der Waals surface area contributed by atoms with Gasteiger partial charge in [0.05, 0.1) is 16.3 Å². The predicted octanol–water partition coefficient (Wildman–Crippen LogP) is 6.24. The molecular weight excluding hydrogens is 552 g/mol. The quantitative estimate of drug-likeness (QED) is 0.248. The van der Waals surface area contributed by atoms with Gasteiger partial charge in [-0.05, 0) is 69.6 Å². The van der Waals surface area contributed by atoms with E-state index < -0.39 is 28.3 Å². The lowest BCUT2D eigenvalue weighted by molar-refractivity contribution is -0.0363. The zero-order valence-electron chi connectivity index (χ0n) is 23.0. The first-order valence-corrected chi connectivity index (χ1v) is 15.5. The van der Waals surface area contributed by atoms with Gasteiger partial charge in [0.25, 0.3) is 6.43 Å². The van der Waals surface area contributed by atoms with Gasteiger partial charge in [-0.25, -0.2) is 37.1 Å². The van der Waals surface area contributed by atoms with Gasteiger partial charge in [-0.15, -0.1) is 0 Å². The monoisotopic (exact) mass is 583 g/mol. The summed E-state index contributed by atoms with van der Waals surface area (Å²) in [4.78, 5) is 17.8. The van der Waals surface area contributed by atoms with Crippen molar-refractivity contribution in [1.29, 1.82) is 0 Å². The van der Waals surface area contributed by atoms with Crippen LogP contribution in [0.25, 0.3) is 11.2 Å². The van der Waals surface area contributed by atoms with Gasteiger partial charge >= 0.3 is 0 Å². The number of anilines is 4. The fourth-order valence-electron chi connectivity index (χ4n) is 5.28. The van der Waals surface area contributed by atoms with Crippen molar-refractivity contribution in [2.45, 2.75) is 69.4 Å². The van der Waals surface area contributed by atoms with Crippen molar-refractivity contribution in [2.75, 3.05) is 23.5 Å². The first-order valence-electron chi connectivity index (χ1n) is 13.6. The molecule has 2 N–H and O–H groups in total. The Balaban J connectivity index is 1.52. The first-order chi connectivity index (χ1) is 19.6. The second kappa shape index (κ2) is 10.6. The van der Waals surface area contributed by atoms with Crippen LogP contribution in [0.5, 0.6) is 0 Å². The SMILES string of the molecule is Cc1cc(Nc2cc(Nc3ccc(C4CC4)cc3S(C)(=O)=O)c3nc(C(F)F)n(C4CCCCO4)c3n2)nc(C)n1.